The first-order chi connectivity index (χ1) is 9.83. The summed E-state index contributed by atoms with van der Waals surface area (Å²) < 4.78 is 2.25. The Morgan fingerprint density at radius 1 is 1.35 bits per heavy atom. The Bertz CT molecular complexity index is 586. The van der Waals surface area contributed by atoms with Crippen LogP contribution in [0.1, 0.15) is 43.9 Å². The van der Waals surface area contributed by atoms with Gasteiger partial charge in [0, 0.05) is 30.5 Å². The van der Waals surface area contributed by atoms with E-state index in [2.05, 4.69) is 53.1 Å². The summed E-state index contributed by atoms with van der Waals surface area (Å²) in [5, 5.41) is 3.57. The maximum absolute atomic E-state index is 4.53. The third kappa shape index (κ3) is 2.38. The molecule has 106 valence electrons. The minimum Gasteiger partial charge on any atom is -0.331 e. The topological polar surface area (TPSA) is 29.9 Å². The third-order valence-corrected chi connectivity index (χ3v) is 4.11. The summed E-state index contributed by atoms with van der Waals surface area (Å²) in [5.41, 5.74) is 4.21. The lowest BCUT2D eigenvalue weighted by atomic mass is 10.0. The van der Waals surface area contributed by atoms with Crippen LogP contribution >= 0.6 is 0 Å². The molecule has 1 aromatic heterocycles. The predicted molar refractivity (Wildman–Crippen MR) is 82.7 cm³/mol. The molecule has 0 saturated carbocycles. The van der Waals surface area contributed by atoms with Crippen molar-refractivity contribution in [1.29, 1.82) is 0 Å². The van der Waals surface area contributed by atoms with Crippen molar-refractivity contribution in [1.82, 2.24) is 14.9 Å². The minimum absolute atomic E-state index is 0.541. The van der Waals surface area contributed by atoms with Crippen LogP contribution in [-0.2, 0) is 13.0 Å². The minimum atomic E-state index is 0.541. The van der Waals surface area contributed by atoms with Crippen LogP contribution in [0.4, 0.5) is 0 Å². The molecule has 0 bridgehead atoms. The lowest BCUT2D eigenvalue weighted by Gasteiger charge is -2.13. The van der Waals surface area contributed by atoms with Gasteiger partial charge in [-0.3, -0.25) is 0 Å². The summed E-state index contributed by atoms with van der Waals surface area (Å²) in [6.45, 7) is 6.45. The molecule has 0 fully saturated rings. The molecule has 3 nitrogen and oxygen atoms in total. The molecule has 3 rings (SSSR count). The summed E-state index contributed by atoms with van der Waals surface area (Å²) in [6.07, 6.45) is 7.51. The van der Waals surface area contributed by atoms with Crippen molar-refractivity contribution in [2.24, 2.45) is 0 Å². The fraction of sp³-hybridized carbons (Fsp3) is 0.471. The zero-order chi connectivity index (χ0) is 13.9. The molecule has 0 saturated heterocycles. The van der Waals surface area contributed by atoms with Crippen molar-refractivity contribution in [2.45, 2.75) is 45.7 Å². The van der Waals surface area contributed by atoms with E-state index >= 15 is 0 Å². The van der Waals surface area contributed by atoms with Gasteiger partial charge in [-0.15, -0.1) is 0 Å². The Kier molecular flexibility index (Phi) is 3.88. The van der Waals surface area contributed by atoms with Gasteiger partial charge in [0.05, 0.1) is 0 Å². The molecule has 1 N–H and O–H groups in total. The lowest BCUT2D eigenvalue weighted by molar-refractivity contribution is 0.549. The number of rotatable bonds is 5. The van der Waals surface area contributed by atoms with Crippen molar-refractivity contribution in [3.63, 3.8) is 0 Å². The molecule has 1 atom stereocenters. The quantitative estimate of drug-likeness (QED) is 0.899. The Morgan fingerprint density at radius 2 is 2.25 bits per heavy atom. The van der Waals surface area contributed by atoms with Crippen LogP contribution in [0.5, 0.6) is 0 Å². The van der Waals surface area contributed by atoms with E-state index in [1.54, 1.807) is 0 Å². The summed E-state index contributed by atoms with van der Waals surface area (Å²) >= 11 is 0. The number of imidazole rings is 1. The van der Waals surface area contributed by atoms with Gasteiger partial charge in [0.15, 0.2) is 0 Å². The van der Waals surface area contributed by atoms with E-state index < -0.39 is 0 Å². The largest absolute Gasteiger partial charge is 0.331 e. The molecule has 0 spiro atoms. The van der Waals surface area contributed by atoms with Gasteiger partial charge >= 0.3 is 0 Å². The number of benzene rings is 1. The smallest absolute Gasteiger partial charge is 0.139 e. The Balaban J connectivity index is 1.91. The molecule has 0 amide bonds. The fourth-order valence-electron chi connectivity index (χ4n) is 3.21. The van der Waals surface area contributed by atoms with E-state index in [0.717, 1.165) is 25.3 Å². The highest BCUT2D eigenvalue weighted by molar-refractivity contribution is 5.59. The van der Waals surface area contributed by atoms with Crippen LogP contribution in [0.3, 0.4) is 0 Å². The van der Waals surface area contributed by atoms with Gasteiger partial charge in [-0.05, 0) is 43.0 Å². The Morgan fingerprint density at radius 3 is 3.05 bits per heavy atom. The first kappa shape index (κ1) is 13.4. The van der Waals surface area contributed by atoms with Crippen LogP contribution in [0.15, 0.2) is 30.6 Å². The molecule has 2 aromatic rings. The maximum Gasteiger partial charge on any atom is 0.139 e. The van der Waals surface area contributed by atoms with Gasteiger partial charge in [0.2, 0.25) is 0 Å². The second-order valence-corrected chi connectivity index (χ2v) is 5.51. The number of nitrogens with one attached hydrogen (secondary N) is 1. The molecule has 1 aromatic carbocycles. The van der Waals surface area contributed by atoms with Crippen molar-refractivity contribution >= 4 is 0 Å². The van der Waals surface area contributed by atoms with Crippen LogP contribution < -0.4 is 5.32 Å². The second kappa shape index (κ2) is 5.80. The first-order valence-electron chi connectivity index (χ1n) is 7.71. The van der Waals surface area contributed by atoms with E-state index in [0.29, 0.717) is 6.04 Å². The highest BCUT2D eigenvalue weighted by Crippen LogP contribution is 2.33. The number of nitrogens with zero attached hydrogens (tertiary/aromatic N) is 2. The molecule has 0 aliphatic heterocycles. The Hall–Kier alpha value is -1.61. The molecule has 20 heavy (non-hydrogen) atoms. The molecule has 3 heteroatoms. The number of hydrogen-bond donors (Lipinski definition) is 1. The zero-order valence-electron chi connectivity index (χ0n) is 12.4. The fourth-order valence-corrected chi connectivity index (χ4v) is 3.21. The first-order valence-corrected chi connectivity index (χ1v) is 7.71. The number of aromatic nitrogens is 2. The highest BCUT2D eigenvalue weighted by atomic mass is 15.1. The van der Waals surface area contributed by atoms with Crippen LogP contribution in [0, 0.1) is 0 Å². The second-order valence-electron chi connectivity index (χ2n) is 5.51. The van der Waals surface area contributed by atoms with Gasteiger partial charge < -0.3 is 9.88 Å². The van der Waals surface area contributed by atoms with Crippen molar-refractivity contribution in [2.75, 3.05) is 6.54 Å². The zero-order valence-corrected chi connectivity index (χ0v) is 12.4. The number of fused-ring (bicyclic) bond motifs is 1. The molecule has 1 aliphatic rings. The lowest BCUT2D eigenvalue weighted by Crippen LogP contribution is -2.18. The van der Waals surface area contributed by atoms with Crippen molar-refractivity contribution < 1.29 is 0 Å². The average molecular weight is 269 g/mol. The standard InChI is InChI=1S/C17H23N3/c1-3-10-20-11-9-19-17(20)14-5-7-15-13(12-14)6-8-16(15)18-4-2/h5,7,9,11-12,16,18H,3-4,6,8,10H2,1-2H3. The van der Waals surface area contributed by atoms with E-state index in [-0.39, 0.29) is 0 Å². The van der Waals surface area contributed by atoms with Gasteiger partial charge in [0.25, 0.3) is 0 Å². The van der Waals surface area contributed by atoms with Crippen molar-refractivity contribution in [3.8, 4) is 11.4 Å². The number of aryl methyl sites for hydroxylation is 2. The van der Waals surface area contributed by atoms with Crippen LogP contribution in [0.2, 0.25) is 0 Å². The monoisotopic (exact) mass is 269 g/mol. The molecule has 0 radical (unpaired) electrons. The van der Waals surface area contributed by atoms with E-state index in [1.807, 2.05) is 6.20 Å². The van der Waals surface area contributed by atoms with E-state index in [9.17, 15) is 0 Å². The van der Waals surface area contributed by atoms with Gasteiger partial charge in [0.1, 0.15) is 5.82 Å². The van der Waals surface area contributed by atoms with E-state index in [4.69, 9.17) is 0 Å². The van der Waals surface area contributed by atoms with Crippen LogP contribution in [-0.4, -0.2) is 16.1 Å². The summed E-state index contributed by atoms with van der Waals surface area (Å²) in [4.78, 5) is 4.53. The predicted octanol–water partition coefficient (Wildman–Crippen LogP) is 3.56. The summed E-state index contributed by atoms with van der Waals surface area (Å²) in [5.74, 6) is 1.10. The van der Waals surface area contributed by atoms with Crippen LogP contribution in [0.25, 0.3) is 11.4 Å². The van der Waals surface area contributed by atoms with Gasteiger partial charge in [-0.25, -0.2) is 4.98 Å². The molecule has 1 heterocycles. The van der Waals surface area contributed by atoms with E-state index in [1.165, 1.54) is 29.5 Å². The SMILES string of the molecule is CCCn1ccnc1-c1ccc2c(c1)CCC2NCC. The molecular weight excluding hydrogens is 246 g/mol. The molecular formula is C17H23N3. The normalized spacial score (nSPS) is 17.4. The summed E-state index contributed by atoms with van der Waals surface area (Å²) in [7, 11) is 0. The average Bonchev–Trinajstić information content (AvgIpc) is 3.07. The molecule has 1 unspecified atom stereocenters. The highest BCUT2D eigenvalue weighted by Gasteiger charge is 2.22. The molecule has 1 aliphatic carbocycles. The van der Waals surface area contributed by atoms with Crippen molar-refractivity contribution in [3.05, 3.63) is 41.7 Å². The number of hydrogen-bond acceptors (Lipinski definition) is 2. The third-order valence-electron chi connectivity index (χ3n) is 4.11. The summed E-state index contributed by atoms with van der Waals surface area (Å²) in [6, 6.07) is 7.39. The van der Waals surface area contributed by atoms with Gasteiger partial charge in [-0.1, -0.05) is 26.0 Å². The van der Waals surface area contributed by atoms with Gasteiger partial charge in [-0.2, -0.15) is 0 Å². The maximum atomic E-state index is 4.53. The Labute approximate surface area is 121 Å².